The zero-order valence-corrected chi connectivity index (χ0v) is 10.2. The first-order valence-corrected chi connectivity index (χ1v) is 6.48. The Hall–Kier alpha value is -0.770. The minimum Gasteiger partial charge on any atom is -0.341 e. The van der Waals surface area contributed by atoms with Crippen LogP contribution in [0.3, 0.4) is 0 Å². The molecule has 0 spiro atoms. The van der Waals surface area contributed by atoms with Gasteiger partial charge < -0.3 is 15.1 Å². The molecule has 0 aromatic carbocycles. The summed E-state index contributed by atoms with van der Waals surface area (Å²) in [5.74, 6) is 0.805. The summed E-state index contributed by atoms with van der Waals surface area (Å²) in [7, 11) is 1.71. The summed E-state index contributed by atoms with van der Waals surface area (Å²) in [5.41, 5.74) is 0. The van der Waals surface area contributed by atoms with Crippen molar-refractivity contribution >= 4 is 6.03 Å². The number of hydrogen-bond donors (Lipinski definition) is 1. The Bertz CT molecular complexity index is 230. The Labute approximate surface area is 98.0 Å². The third-order valence-electron chi connectivity index (χ3n) is 3.83. The fourth-order valence-corrected chi connectivity index (χ4v) is 2.81. The highest BCUT2D eigenvalue weighted by Crippen LogP contribution is 2.20. The lowest BCUT2D eigenvalue weighted by Crippen LogP contribution is -2.44. The van der Waals surface area contributed by atoms with Gasteiger partial charge in [0.25, 0.3) is 0 Å². The maximum absolute atomic E-state index is 11.4. The van der Waals surface area contributed by atoms with Crippen LogP contribution in [0.25, 0.3) is 0 Å². The summed E-state index contributed by atoms with van der Waals surface area (Å²) in [5, 5.41) is 2.70. The molecule has 0 aromatic rings. The van der Waals surface area contributed by atoms with Gasteiger partial charge in [0, 0.05) is 26.7 Å². The Morgan fingerprint density at radius 3 is 2.38 bits per heavy atom. The first-order chi connectivity index (χ1) is 7.79. The van der Waals surface area contributed by atoms with Gasteiger partial charge in [0.2, 0.25) is 0 Å². The van der Waals surface area contributed by atoms with E-state index in [0.717, 1.165) is 19.0 Å². The highest BCUT2D eigenvalue weighted by atomic mass is 16.2. The van der Waals surface area contributed by atoms with Gasteiger partial charge in [-0.15, -0.1) is 0 Å². The molecule has 4 nitrogen and oxygen atoms in total. The number of amides is 2. The van der Waals surface area contributed by atoms with Crippen molar-refractivity contribution in [3.63, 3.8) is 0 Å². The number of carbonyl (C=O) groups excluding carboxylic acids is 1. The average molecular weight is 225 g/mol. The Balaban J connectivity index is 1.70. The first kappa shape index (κ1) is 11.7. The average Bonchev–Trinajstić information content (AvgIpc) is 2.82. The molecule has 2 saturated heterocycles. The van der Waals surface area contributed by atoms with Gasteiger partial charge in [0.1, 0.15) is 0 Å². The number of piperidine rings is 1. The molecule has 2 amide bonds. The topological polar surface area (TPSA) is 35.6 Å². The summed E-state index contributed by atoms with van der Waals surface area (Å²) in [6.45, 7) is 5.68. The Kier molecular flexibility index (Phi) is 4.04. The smallest absolute Gasteiger partial charge is 0.317 e. The zero-order chi connectivity index (χ0) is 11.4. The van der Waals surface area contributed by atoms with E-state index in [9.17, 15) is 4.79 Å². The zero-order valence-electron chi connectivity index (χ0n) is 10.2. The van der Waals surface area contributed by atoms with Gasteiger partial charge in [0.05, 0.1) is 0 Å². The highest BCUT2D eigenvalue weighted by molar-refractivity contribution is 5.73. The molecule has 92 valence electrons. The van der Waals surface area contributed by atoms with Crippen LogP contribution in [0, 0.1) is 5.92 Å². The van der Waals surface area contributed by atoms with Crippen LogP contribution in [0.2, 0.25) is 0 Å². The molecule has 0 bridgehead atoms. The molecule has 0 saturated carbocycles. The Morgan fingerprint density at radius 1 is 1.19 bits per heavy atom. The minimum atomic E-state index is 0.0830. The lowest BCUT2D eigenvalue weighted by Gasteiger charge is -2.33. The van der Waals surface area contributed by atoms with E-state index in [2.05, 4.69) is 10.2 Å². The van der Waals surface area contributed by atoms with Crippen LogP contribution in [0.5, 0.6) is 0 Å². The summed E-state index contributed by atoms with van der Waals surface area (Å²) < 4.78 is 0. The van der Waals surface area contributed by atoms with Crippen LogP contribution in [-0.4, -0.2) is 55.6 Å². The monoisotopic (exact) mass is 225 g/mol. The predicted octanol–water partition coefficient (Wildman–Crippen LogP) is 1.13. The molecule has 2 aliphatic heterocycles. The number of nitrogens with zero attached hydrogens (tertiary/aromatic N) is 2. The third kappa shape index (κ3) is 2.88. The molecule has 0 atom stereocenters. The first-order valence-electron chi connectivity index (χ1n) is 6.48. The van der Waals surface area contributed by atoms with Crippen LogP contribution < -0.4 is 5.32 Å². The molecule has 0 unspecified atom stereocenters. The standard InChI is InChI=1S/C12H23N3O/c1-13-12(16)15-8-4-11(5-9-15)10-14-6-2-3-7-14/h11H,2-10H2,1H3,(H,13,16). The van der Waals surface area contributed by atoms with E-state index in [-0.39, 0.29) is 6.03 Å². The fourth-order valence-electron chi connectivity index (χ4n) is 2.81. The third-order valence-corrected chi connectivity index (χ3v) is 3.83. The van der Waals surface area contributed by atoms with Crippen molar-refractivity contribution < 1.29 is 4.79 Å². The molecule has 0 aromatic heterocycles. The molecule has 2 rings (SSSR count). The van der Waals surface area contributed by atoms with E-state index in [4.69, 9.17) is 0 Å². The van der Waals surface area contributed by atoms with Crippen molar-refractivity contribution in [3.8, 4) is 0 Å². The van der Waals surface area contributed by atoms with Crippen molar-refractivity contribution in [2.75, 3.05) is 39.8 Å². The molecule has 2 heterocycles. The van der Waals surface area contributed by atoms with Crippen molar-refractivity contribution in [1.29, 1.82) is 0 Å². The largest absolute Gasteiger partial charge is 0.341 e. The van der Waals surface area contributed by atoms with Gasteiger partial charge in [-0.1, -0.05) is 0 Å². The predicted molar refractivity (Wildman–Crippen MR) is 64.4 cm³/mol. The fraction of sp³-hybridized carbons (Fsp3) is 0.917. The maximum atomic E-state index is 11.4. The van der Waals surface area contributed by atoms with Crippen LogP contribution >= 0.6 is 0 Å². The second kappa shape index (κ2) is 5.53. The second-order valence-corrected chi connectivity index (χ2v) is 4.99. The van der Waals surface area contributed by atoms with Gasteiger partial charge in [-0.3, -0.25) is 0 Å². The lowest BCUT2D eigenvalue weighted by molar-refractivity contribution is 0.156. The molecular formula is C12H23N3O. The van der Waals surface area contributed by atoms with Crippen LogP contribution in [-0.2, 0) is 0 Å². The SMILES string of the molecule is CNC(=O)N1CCC(CN2CCCC2)CC1. The Morgan fingerprint density at radius 2 is 1.81 bits per heavy atom. The number of rotatable bonds is 2. The molecule has 1 N–H and O–H groups in total. The number of hydrogen-bond acceptors (Lipinski definition) is 2. The maximum Gasteiger partial charge on any atom is 0.317 e. The lowest BCUT2D eigenvalue weighted by atomic mass is 9.96. The van der Waals surface area contributed by atoms with Gasteiger partial charge in [0.15, 0.2) is 0 Å². The molecule has 2 fully saturated rings. The minimum absolute atomic E-state index is 0.0830. The van der Waals surface area contributed by atoms with Gasteiger partial charge in [-0.05, 0) is 44.7 Å². The molecular weight excluding hydrogens is 202 g/mol. The van der Waals surface area contributed by atoms with Gasteiger partial charge >= 0.3 is 6.03 Å². The number of nitrogens with one attached hydrogen (secondary N) is 1. The molecule has 0 aliphatic carbocycles. The quantitative estimate of drug-likeness (QED) is 0.765. The van der Waals surface area contributed by atoms with Crippen molar-refractivity contribution in [2.24, 2.45) is 5.92 Å². The van der Waals surface area contributed by atoms with Crippen LogP contribution in [0.4, 0.5) is 4.79 Å². The van der Waals surface area contributed by atoms with Crippen molar-refractivity contribution in [2.45, 2.75) is 25.7 Å². The number of likely N-dealkylation sites (tertiary alicyclic amines) is 2. The van der Waals surface area contributed by atoms with E-state index in [1.54, 1.807) is 7.05 Å². The summed E-state index contributed by atoms with van der Waals surface area (Å²) >= 11 is 0. The normalized spacial score (nSPS) is 23.7. The van der Waals surface area contributed by atoms with Gasteiger partial charge in [-0.2, -0.15) is 0 Å². The molecule has 0 radical (unpaired) electrons. The highest BCUT2D eigenvalue weighted by Gasteiger charge is 2.24. The van der Waals surface area contributed by atoms with Crippen LogP contribution in [0.1, 0.15) is 25.7 Å². The van der Waals surface area contributed by atoms with Crippen LogP contribution in [0.15, 0.2) is 0 Å². The van der Waals surface area contributed by atoms with E-state index in [1.807, 2.05) is 4.90 Å². The van der Waals surface area contributed by atoms with Crippen molar-refractivity contribution in [1.82, 2.24) is 15.1 Å². The molecule has 16 heavy (non-hydrogen) atoms. The van der Waals surface area contributed by atoms with E-state index in [1.165, 1.54) is 45.3 Å². The molecule has 4 heteroatoms. The van der Waals surface area contributed by atoms with E-state index >= 15 is 0 Å². The summed E-state index contributed by atoms with van der Waals surface area (Å²) in [4.78, 5) is 15.9. The summed E-state index contributed by atoms with van der Waals surface area (Å²) in [6, 6.07) is 0.0830. The summed E-state index contributed by atoms with van der Waals surface area (Å²) in [6.07, 6.45) is 5.09. The number of urea groups is 1. The number of carbonyl (C=O) groups is 1. The van der Waals surface area contributed by atoms with E-state index < -0.39 is 0 Å². The molecule has 2 aliphatic rings. The van der Waals surface area contributed by atoms with Crippen molar-refractivity contribution in [3.05, 3.63) is 0 Å². The van der Waals surface area contributed by atoms with E-state index in [0.29, 0.717) is 0 Å². The second-order valence-electron chi connectivity index (χ2n) is 4.99. The van der Waals surface area contributed by atoms with Gasteiger partial charge in [-0.25, -0.2) is 4.79 Å².